The minimum Gasteiger partial charge on any atom is -0.413 e. The first-order valence-corrected chi connectivity index (χ1v) is 43.4. The molecule has 2 aromatic carbocycles. The molecule has 7 fully saturated rings. The number of halogens is 2. The van der Waals surface area contributed by atoms with Gasteiger partial charge < -0.3 is 28.4 Å². The van der Waals surface area contributed by atoms with Gasteiger partial charge in [0.05, 0.1) is 23.4 Å². The normalized spacial score (nSPS) is 32.3. The van der Waals surface area contributed by atoms with E-state index in [0.717, 1.165) is 112 Å². The zero-order chi connectivity index (χ0) is 78.1. The van der Waals surface area contributed by atoms with E-state index in [-0.39, 0.29) is 58.0 Å². The van der Waals surface area contributed by atoms with E-state index in [2.05, 4.69) is 79.1 Å². The molecule has 9 aliphatic rings. The van der Waals surface area contributed by atoms with Crippen LogP contribution in [0.25, 0.3) is 0 Å². The van der Waals surface area contributed by atoms with Crippen molar-refractivity contribution in [3.05, 3.63) is 143 Å². The number of benzene rings is 2. The number of ketones is 1. The highest BCUT2D eigenvalue weighted by Gasteiger charge is 2.58. The fraction of sp³-hybridized carbons (Fsp3) is 0.667. The van der Waals surface area contributed by atoms with Gasteiger partial charge in [-0.25, -0.2) is 8.78 Å². The molecule has 0 spiro atoms. The van der Waals surface area contributed by atoms with Crippen molar-refractivity contribution in [2.45, 2.75) is 290 Å². The summed E-state index contributed by atoms with van der Waals surface area (Å²) in [6.45, 7) is 19.6. The largest absolute Gasteiger partial charge is 0.413 e. The maximum Gasteiger partial charge on any atom is 0.192 e. The SMILES string of the molecule is C1CCOC1.C=C1/C(=C\CP(=O)(c2ccccc2)c2ccccc2)CC(O[Si](C)(C)C(C)(C)C)C[C@@H]1F.[2H]C([2H])([2H])C(CCCC1(C2=CCC3C(=O)CCC[C@]23C)CC1)(O[Si](C)(C)C)C([2H])([2H])[2H].[2H]C([2H])([2H])C(O)(CCCC1(C2=CCC3/C(=C/C=C4/CC(O)C[C@H](F)C4=C)CCC[C@]23C)CC1)C([2H])([2H])[2H]. The lowest BCUT2D eigenvalue weighted by Crippen LogP contribution is -2.45. The number of Topliss-reactive ketones (excluding diaryl/α,β-unsaturated/α-hetero) is 1. The molecule has 1 saturated heterocycles. The number of ether oxygens (including phenoxy) is 1. The summed E-state index contributed by atoms with van der Waals surface area (Å²) in [5.41, 5.74) is 1.79. The number of rotatable bonds is 19. The van der Waals surface area contributed by atoms with E-state index in [4.69, 9.17) is 30.0 Å². The van der Waals surface area contributed by atoms with Crippen molar-refractivity contribution in [2.75, 3.05) is 19.4 Å². The first kappa shape index (κ1) is 59.6. The fourth-order valence-corrected chi connectivity index (χ4v) is 21.4. The van der Waals surface area contributed by atoms with Crippen LogP contribution in [0.4, 0.5) is 8.78 Å². The van der Waals surface area contributed by atoms with Crippen LogP contribution in [0, 0.1) is 33.5 Å². The highest BCUT2D eigenvalue weighted by Crippen LogP contribution is 2.69. The smallest absolute Gasteiger partial charge is 0.192 e. The Bertz CT molecular complexity index is 3500. The highest BCUT2D eigenvalue weighted by molar-refractivity contribution is 7.78. The van der Waals surface area contributed by atoms with Crippen molar-refractivity contribution in [1.82, 2.24) is 0 Å². The molecule has 12 heteroatoms. The second-order valence-electron chi connectivity index (χ2n) is 32.1. The van der Waals surface area contributed by atoms with Crippen molar-refractivity contribution in [2.24, 2.45) is 33.5 Å². The van der Waals surface area contributed by atoms with Crippen LogP contribution in [0.15, 0.2) is 143 Å². The highest BCUT2D eigenvalue weighted by atomic mass is 31.2. The van der Waals surface area contributed by atoms with E-state index >= 15 is 0 Å². The van der Waals surface area contributed by atoms with Gasteiger partial charge in [0.2, 0.25) is 0 Å². The van der Waals surface area contributed by atoms with Gasteiger partial charge in [-0.2, -0.15) is 0 Å². The number of carbonyl (C=O) groups excluding carboxylic acids is 1. The summed E-state index contributed by atoms with van der Waals surface area (Å²) in [6, 6.07) is 19.2. The minimum absolute atomic E-state index is 0.00161. The van der Waals surface area contributed by atoms with Crippen LogP contribution in [0.2, 0.25) is 37.8 Å². The van der Waals surface area contributed by atoms with Gasteiger partial charge in [0.25, 0.3) is 0 Å². The van der Waals surface area contributed by atoms with Crippen LogP contribution in [-0.2, 0) is 22.9 Å². The Morgan fingerprint density at radius 2 is 1.24 bits per heavy atom. The second-order valence-corrected chi connectivity index (χ2v) is 44.1. The molecule has 7 nitrogen and oxygen atoms in total. The molecule has 8 atom stereocenters. The van der Waals surface area contributed by atoms with Gasteiger partial charge in [-0.1, -0.05) is 156 Å². The zero-order valence-electron chi connectivity index (χ0n) is 70.3. The van der Waals surface area contributed by atoms with Crippen LogP contribution >= 0.6 is 7.14 Å². The molecule has 0 amide bonds. The second kappa shape index (κ2) is 30.4. The molecule has 93 heavy (non-hydrogen) atoms. The maximum atomic E-state index is 14.9. The first-order valence-electron chi connectivity index (χ1n) is 41.2. The number of hydrogen-bond acceptors (Lipinski definition) is 7. The lowest BCUT2D eigenvalue weighted by Gasteiger charge is -2.43. The average molecular weight is 1350 g/mol. The van der Waals surface area contributed by atoms with E-state index in [9.17, 15) is 28.4 Å². The molecule has 1 aliphatic heterocycles. The van der Waals surface area contributed by atoms with Crippen LogP contribution in [-0.4, -0.2) is 87.8 Å². The lowest BCUT2D eigenvalue weighted by atomic mass is 9.61. The quantitative estimate of drug-likeness (QED) is 0.0821. The number of carbonyl (C=O) groups is 1. The van der Waals surface area contributed by atoms with E-state index in [1.165, 1.54) is 29.6 Å². The summed E-state index contributed by atoms with van der Waals surface area (Å²) in [6.07, 6.45) is 25.4. The fourth-order valence-electron chi connectivity index (χ4n) is 16.3. The molecule has 2 N–H and O–H groups in total. The number of allylic oxidation sites excluding steroid dienone is 10. The number of alkyl halides is 2. The Labute approximate surface area is 581 Å². The molecular weight excluding hydrogens is 1210 g/mol. The van der Waals surface area contributed by atoms with E-state index in [1.54, 1.807) is 0 Å². The molecule has 2 aromatic rings. The summed E-state index contributed by atoms with van der Waals surface area (Å²) >= 11 is 0. The zero-order valence-corrected chi connectivity index (χ0v) is 61.2. The molecule has 0 radical (unpaired) electrons. The summed E-state index contributed by atoms with van der Waals surface area (Å²) in [7, 11) is -7.34. The monoisotopic (exact) mass is 1340 g/mol. The van der Waals surface area contributed by atoms with Crippen molar-refractivity contribution in [3.63, 3.8) is 0 Å². The standard InChI is InChI=1S/C28H41FO2.C27H36FO2PSi.C22H38O2Si.C4H8O/c1-19-21(17-22(30)18-24(19)29)9-8-20-7-5-13-27(4)23(20)10-11-25(27)28(15-16-28)14-6-12-26(2,3)31;1-21-22(19-23(20-26(21)28)30-32(5,6)27(2,3)4)17-18-31(29,24-13-9-7-10-14-24)25-15-11-8-12-16-25;1-20(2,24-25(4,5)6)12-8-14-22(15-16-22)19-11-10-17-18(23)9-7-13-21(17,19)3;1-2-4-5-3-1/h8-9,11,22-24,30-31H,1,5-7,10,12-18H2,2-4H3;7-17,23,26H,1,18-20H2,2-6H3;11,17H,7-10,12-16H2,1-6H3;1-4H2/b20-8+,21-9-;22-17-;;/t22?,23?,24-,27-;23?,26-;17?,21-;/m000./s1/i2D3,3D3;;1D3,2D3;. The topological polar surface area (TPSA) is 102 Å². The van der Waals surface area contributed by atoms with Crippen LogP contribution in [0.3, 0.4) is 0 Å². The lowest BCUT2D eigenvalue weighted by molar-refractivity contribution is -0.128. The van der Waals surface area contributed by atoms with E-state index in [1.807, 2.05) is 92.5 Å². The Hall–Kier alpha value is -3.39. The number of aliphatic hydroxyl groups is 2. The molecule has 6 saturated carbocycles. The molecule has 0 aromatic heterocycles. The summed E-state index contributed by atoms with van der Waals surface area (Å²) in [5, 5.41) is 22.4. The van der Waals surface area contributed by atoms with Crippen LogP contribution < -0.4 is 10.6 Å². The number of fused-ring (bicyclic) bond motifs is 2. The Morgan fingerprint density at radius 1 is 0.710 bits per heavy atom. The third-order valence-electron chi connectivity index (χ3n) is 22.7. The van der Waals surface area contributed by atoms with Gasteiger partial charge in [0.15, 0.2) is 16.6 Å². The van der Waals surface area contributed by atoms with Crippen molar-refractivity contribution < 1.29 is 58.4 Å². The van der Waals surface area contributed by atoms with Gasteiger partial charge in [-0.15, -0.1) is 0 Å². The van der Waals surface area contributed by atoms with Gasteiger partial charge in [0, 0.05) is 71.6 Å². The van der Waals surface area contributed by atoms with Gasteiger partial charge in [0.1, 0.15) is 25.3 Å². The Kier molecular flexibility index (Phi) is 19.5. The molecule has 0 bridgehead atoms. The minimum atomic E-state index is -2.97. The number of aliphatic hydroxyl groups excluding tert-OH is 1. The van der Waals surface area contributed by atoms with Crippen molar-refractivity contribution in [1.29, 1.82) is 0 Å². The average Bonchev–Trinajstić information content (AvgIpc) is 1.59. The Morgan fingerprint density at radius 3 is 1.75 bits per heavy atom. The predicted molar refractivity (Wildman–Crippen MR) is 391 cm³/mol. The van der Waals surface area contributed by atoms with Gasteiger partial charge in [-0.05, 0) is 250 Å². The van der Waals surface area contributed by atoms with Crippen molar-refractivity contribution in [3.8, 4) is 0 Å². The molecule has 1 heterocycles. The third kappa shape index (κ3) is 19.1. The third-order valence-corrected chi connectivity index (χ3v) is 31.1. The van der Waals surface area contributed by atoms with Gasteiger partial charge in [-0.3, -0.25) is 4.79 Å². The predicted octanol–water partition coefficient (Wildman–Crippen LogP) is 20.8. The first-order chi connectivity index (χ1) is 48.5. The van der Waals surface area contributed by atoms with E-state index in [0.29, 0.717) is 74.0 Å². The van der Waals surface area contributed by atoms with Crippen LogP contribution in [0.5, 0.6) is 0 Å². The molecule has 8 aliphatic carbocycles. The van der Waals surface area contributed by atoms with Crippen molar-refractivity contribution >= 4 is 40.2 Å². The number of hydrogen-bond donors (Lipinski definition) is 2. The molecule has 516 valence electrons. The summed E-state index contributed by atoms with van der Waals surface area (Å²) in [5.74, 6) is 0.811. The summed E-state index contributed by atoms with van der Waals surface area (Å²) in [4.78, 5) is 12.5. The summed E-state index contributed by atoms with van der Waals surface area (Å²) < 4.78 is 155. The van der Waals surface area contributed by atoms with E-state index < -0.39 is 80.8 Å². The molecule has 4 unspecified atom stereocenters. The maximum absolute atomic E-state index is 14.9. The van der Waals surface area contributed by atoms with Gasteiger partial charge >= 0.3 is 0 Å². The Balaban J connectivity index is 0.000000193. The molecular formula is C81H123F2O7PSi2. The van der Waals surface area contributed by atoms with Crippen LogP contribution in [0.1, 0.15) is 233 Å². The molecule has 11 rings (SSSR count).